The number of fused-ring (bicyclic) bond motifs is 1. The highest BCUT2D eigenvalue weighted by Crippen LogP contribution is 2.33. The number of aryl methyl sites for hydroxylation is 1. The monoisotopic (exact) mass is 349 g/mol. The Bertz CT molecular complexity index is 805. The SMILES string of the molecule is Cc1ccc([C@@H]2CC(=O)c3cnc(N4C[C@@H](C)C[C@H](C)C4)nc3C2)cc1. The lowest BCUT2D eigenvalue weighted by Crippen LogP contribution is -2.40. The van der Waals surface area contributed by atoms with E-state index in [1.54, 1.807) is 6.20 Å². The maximum atomic E-state index is 12.6. The van der Waals surface area contributed by atoms with E-state index in [0.29, 0.717) is 18.3 Å². The lowest BCUT2D eigenvalue weighted by atomic mass is 9.82. The van der Waals surface area contributed by atoms with Crippen LogP contribution in [-0.2, 0) is 6.42 Å². The molecule has 26 heavy (non-hydrogen) atoms. The van der Waals surface area contributed by atoms with E-state index in [9.17, 15) is 4.79 Å². The van der Waals surface area contributed by atoms with Gasteiger partial charge in [0, 0.05) is 25.7 Å². The molecule has 3 atom stereocenters. The van der Waals surface area contributed by atoms with Gasteiger partial charge in [-0.15, -0.1) is 0 Å². The van der Waals surface area contributed by atoms with Crippen molar-refractivity contribution in [2.75, 3.05) is 18.0 Å². The fourth-order valence-electron chi connectivity index (χ4n) is 4.49. The number of nitrogens with zero attached hydrogens (tertiary/aromatic N) is 3. The summed E-state index contributed by atoms with van der Waals surface area (Å²) in [5.74, 6) is 2.49. The largest absolute Gasteiger partial charge is 0.340 e. The van der Waals surface area contributed by atoms with Crippen LogP contribution in [0, 0.1) is 18.8 Å². The predicted molar refractivity (Wildman–Crippen MR) is 104 cm³/mol. The van der Waals surface area contributed by atoms with Crippen LogP contribution in [-0.4, -0.2) is 28.8 Å². The normalized spacial score (nSPS) is 25.9. The molecular weight excluding hydrogens is 322 g/mol. The Morgan fingerprint density at radius 3 is 2.42 bits per heavy atom. The van der Waals surface area contributed by atoms with E-state index in [1.807, 2.05) is 0 Å². The summed E-state index contributed by atoms with van der Waals surface area (Å²) in [7, 11) is 0. The number of rotatable bonds is 2. The van der Waals surface area contributed by atoms with Gasteiger partial charge in [-0.25, -0.2) is 9.97 Å². The maximum absolute atomic E-state index is 12.6. The zero-order valence-corrected chi connectivity index (χ0v) is 15.9. The summed E-state index contributed by atoms with van der Waals surface area (Å²) in [5.41, 5.74) is 4.11. The number of piperidine rings is 1. The van der Waals surface area contributed by atoms with Crippen LogP contribution in [0.4, 0.5) is 5.95 Å². The Morgan fingerprint density at radius 1 is 1.04 bits per heavy atom. The molecule has 136 valence electrons. The second-order valence-electron chi connectivity index (χ2n) is 8.32. The van der Waals surface area contributed by atoms with Crippen molar-refractivity contribution in [1.82, 2.24) is 9.97 Å². The molecule has 1 aromatic carbocycles. The van der Waals surface area contributed by atoms with Gasteiger partial charge < -0.3 is 4.90 Å². The van der Waals surface area contributed by atoms with Crippen LogP contribution >= 0.6 is 0 Å². The highest BCUT2D eigenvalue weighted by atomic mass is 16.1. The average molecular weight is 349 g/mol. The number of Topliss-reactive ketones (excluding diaryl/α,β-unsaturated/α-hetero) is 1. The molecule has 2 heterocycles. The fraction of sp³-hybridized carbons (Fsp3) is 0.500. The standard InChI is InChI=1S/C22H27N3O/c1-14-4-6-17(7-5-14)18-9-20-19(21(26)10-18)11-23-22(24-20)25-12-15(2)8-16(3)13-25/h4-7,11,15-16,18H,8-10,12-13H2,1-3H3/t15-,16-,18-/m0/s1. The van der Waals surface area contributed by atoms with E-state index < -0.39 is 0 Å². The molecule has 4 nitrogen and oxygen atoms in total. The average Bonchev–Trinajstić information content (AvgIpc) is 2.61. The number of hydrogen-bond donors (Lipinski definition) is 0. The molecule has 4 heteroatoms. The minimum absolute atomic E-state index is 0.170. The Kier molecular flexibility index (Phi) is 4.51. The van der Waals surface area contributed by atoms with Gasteiger partial charge >= 0.3 is 0 Å². The van der Waals surface area contributed by atoms with Gasteiger partial charge in [-0.1, -0.05) is 43.7 Å². The summed E-state index contributed by atoms with van der Waals surface area (Å²) < 4.78 is 0. The number of benzene rings is 1. The molecule has 0 unspecified atom stereocenters. The quantitative estimate of drug-likeness (QED) is 0.816. The van der Waals surface area contributed by atoms with Gasteiger partial charge in [0.05, 0.1) is 11.3 Å². The van der Waals surface area contributed by atoms with Gasteiger partial charge in [0.25, 0.3) is 0 Å². The minimum Gasteiger partial charge on any atom is -0.340 e. The third-order valence-electron chi connectivity index (χ3n) is 5.73. The first-order valence-electron chi connectivity index (χ1n) is 9.70. The molecule has 0 saturated carbocycles. The summed E-state index contributed by atoms with van der Waals surface area (Å²) >= 11 is 0. The van der Waals surface area contributed by atoms with Crippen molar-refractivity contribution < 1.29 is 4.79 Å². The predicted octanol–water partition coefficient (Wildman–Crippen LogP) is 4.18. The summed E-state index contributed by atoms with van der Waals surface area (Å²) in [5, 5.41) is 0. The molecular formula is C22H27N3O. The Labute approximate surface area is 155 Å². The Balaban J connectivity index is 1.61. The minimum atomic E-state index is 0.170. The molecule has 1 saturated heterocycles. The van der Waals surface area contributed by atoms with Crippen molar-refractivity contribution in [3.05, 3.63) is 52.8 Å². The number of carbonyl (C=O) groups excluding carboxylic acids is 1. The summed E-state index contributed by atoms with van der Waals surface area (Å²) in [6, 6.07) is 8.54. The molecule has 1 aromatic heterocycles. The fourth-order valence-corrected chi connectivity index (χ4v) is 4.49. The first kappa shape index (κ1) is 17.2. The Morgan fingerprint density at radius 2 is 1.73 bits per heavy atom. The lowest BCUT2D eigenvalue weighted by molar-refractivity contribution is 0.0962. The van der Waals surface area contributed by atoms with Gasteiger partial charge in [0.2, 0.25) is 5.95 Å². The maximum Gasteiger partial charge on any atom is 0.225 e. The van der Waals surface area contributed by atoms with Crippen LogP contribution in [0.15, 0.2) is 30.5 Å². The van der Waals surface area contributed by atoms with Crippen LogP contribution in [0.2, 0.25) is 0 Å². The van der Waals surface area contributed by atoms with Gasteiger partial charge in [0.15, 0.2) is 5.78 Å². The van der Waals surface area contributed by atoms with Gasteiger partial charge in [-0.2, -0.15) is 0 Å². The van der Waals surface area contributed by atoms with Crippen molar-refractivity contribution in [3.8, 4) is 0 Å². The van der Waals surface area contributed by atoms with Crippen LogP contribution in [0.1, 0.15) is 59.8 Å². The molecule has 0 radical (unpaired) electrons. The van der Waals surface area contributed by atoms with E-state index in [4.69, 9.17) is 4.98 Å². The number of anilines is 1. The van der Waals surface area contributed by atoms with E-state index in [0.717, 1.165) is 36.7 Å². The second kappa shape index (κ2) is 6.82. The van der Waals surface area contributed by atoms with E-state index in [2.05, 4.69) is 54.9 Å². The van der Waals surface area contributed by atoms with Gasteiger partial charge in [0.1, 0.15) is 0 Å². The molecule has 2 aromatic rings. The number of ketones is 1. The van der Waals surface area contributed by atoms with Crippen LogP contribution in [0.25, 0.3) is 0 Å². The molecule has 4 rings (SSSR count). The number of aromatic nitrogens is 2. The molecule has 2 aliphatic rings. The van der Waals surface area contributed by atoms with Crippen molar-refractivity contribution in [1.29, 1.82) is 0 Å². The van der Waals surface area contributed by atoms with Gasteiger partial charge in [-0.3, -0.25) is 4.79 Å². The van der Waals surface area contributed by atoms with Crippen molar-refractivity contribution in [3.63, 3.8) is 0 Å². The number of hydrogen-bond acceptors (Lipinski definition) is 4. The molecule has 0 spiro atoms. The van der Waals surface area contributed by atoms with E-state index >= 15 is 0 Å². The smallest absolute Gasteiger partial charge is 0.225 e. The molecule has 0 N–H and O–H groups in total. The zero-order chi connectivity index (χ0) is 18.3. The second-order valence-corrected chi connectivity index (χ2v) is 8.32. The Hall–Kier alpha value is -2.23. The zero-order valence-electron chi connectivity index (χ0n) is 15.9. The topological polar surface area (TPSA) is 46.1 Å². The molecule has 1 aliphatic heterocycles. The van der Waals surface area contributed by atoms with E-state index in [1.165, 1.54) is 17.5 Å². The summed E-state index contributed by atoms with van der Waals surface area (Å²) in [4.78, 5) is 24.3. The van der Waals surface area contributed by atoms with Crippen molar-refractivity contribution in [2.24, 2.45) is 11.8 Å². The molecule has 0 amide bonds. The van der Waals surface area contributed by atoms with Crippen LogP contribution in [0.3, 0.4) is 0 Å². The van der Waals surface area contributed by atoms with Crippen molar-refractivity contribution in [2.45, 2.75) is 46.0 Å². The summed E-state index contributed by atoms with van der Waals surface area (Å²) in [6.45, 7) is 8.66. The molecule has 1 fully saturated rings. The summed E-state index contributed by atoms with van der Waals surface area (Å²) in [6.07, 6.45) is 4.39. The number of carbonyl (C=O) groups is 1. The highest BCUT2D eigenvalue weighted by molar-refractivity contribution is 5.98. The first-order chi connectivity index (χ1) is 12.5. The van der Waals surface area contributed by atoms with Crippen LogP contribution < -0.4 is 4.90 Å². The van der Waals surface area contributed by atoms with Crippen molar-refractivity contribution >= 4 is 11.7 Å². The van der Waals surface area contributed by atoms with Crippen LogP contribution in [0.5, 0.6) is 0 Å². The lowest BCUT2D eigenvalue weighted by Gasteiger charge is -2.35. The third kappa shape index (κ3) is 3.37. The molecule has 0 bridgehead atoms. The first-order valence-corrected chi connectivity index (χ1v) is 9.70. The van der Waals surface area contributed by atoms with Gasteiger partial charge in [-0.05, 0) is 43.1 Å². The van der Waals surface area contributed by atoms with E-state index in [-0.39, 0.29) is 11.7 Å². The molecule has 1 aliphatic carbocycles. The highest BCUT2D eigenvalue weighted by Gasteiger charge is 2.30. The third-order valence-corrected chi connectivity index (χ3v) is 5.73.